The molecule has 2 aromatic carbocycles. The summed E-state index contributed by atoms with van der Waals surface area (Å²) in [5.41, 5.74) is 1.66. The predicted molar refractivity (Wildman–Crippen MR) is 107 cm³/mol. The van der Waals surface area contributed by atoms with Crippen LogP contribution in [0.15, 0.2) is 76.0 Å². The molecular weight excluding hydrogens is 376 g/mol. The molecule has 0 fully saturated rings. The van der Waals surface area contributed by atoms with E-state index in [4.69, 9.17) is 9.56 Å². The van der Waals surface area contributed by atoms with E-state index in [1.54, 1.807) is 19.1 Å². The van der Waals surface area contributed by atoms with Crippen molar-refractivity contribution in [1.82, 2.24) is 5.32 Å². The van der Waals surface area contributed by atoms with Crippen molar-refractivity contribution in [3.63, 3.8) is 0 Å². The molecule has 146 valence electrons. The van der Waals surface area contributed by atoms with Gasteiger partial charge in [0.15, 0.2) is 0 Å². The fraction of sp³-hybridized carbons (Fsp3) is 0.190. The summed E-state index contributed by atoms with van der Waals surface area (Å²) in [5.74, 6) is 1.35. The van der Waals surface area contributed by atoms with Crippen molar-refractivity contribution in [1.29, 1.82) is 0 Å². The zero-order valence-corrected chi connectivity index (χ0v) is 16.3. The average molecular weight is 398 g/mol. The van der Waals surface area contributed by atoms with Crippen molar-refractivity contribution in [3.8, 4) is 11.3 Å². The summed E-state index contributed by atoms with van der Waals surface area (Å²) in [7, 11) is -3.78. The lowest BCUT2D eigenvalue weighted by atomic mass is 10.1. The molecule has 1 atom stereocenters. The SMILES string of the molecule is C[C@@H](NC(=O)CCc1ccc(-c2ccccc2)o1)c1cccc(S(N)(=O)=O)c1. The van der Waals surface area contributed by atoms with Crippen molar-refractivity contribution < 1.29 is 17.6 Å². The van der Waals surface area contributed by atoms with E-state index in [-0.39, 0.29) is 23.3 Å². The van der Waals surface area contributed by atoms with Crippen molar-refractivity contribution in [2.24, 2.45) is 5.14 Å². The van der Waals surface area contributed by atoms with E-state index in [0.29, 0.717) is 12.0 Å². The maximum absolute atomic E-state index is 12.3. The first-order valence-corrected chi connectivity index (χ1v) is 10.4. The van der Waals surface area contributed by atoms with Crippen LogP contribution in [0.3, 0.4) is 0 Å². The topological polar surface area (TPSA) is 102 Å². The largest absolute Gasteiger partial charge is 0.461 e. The first-order valence-electron chi connectivity index (χ1n) is 8.89. The van der Waals surface area contributed by atoms with Gasteiger partial charge in [-0.15, -0.1) is 0 Å². The number of carbonyl (C=O) groups excluding carboxylic acids is 1. The number of aryl methyl sites for hydroxylation is 1. The Kier molecular flexibility index (Phi) is 5.96. The van der Waals surface area contributed by atoms with E-state index < -0.39 is 10.0 Å². The van der Waals surface area contributed by atoms with Crippen molar-refractivity contribution in [2.75, 3.05) is 0 Å². The lowest BCUT2D eigenvalue weighted by molar-refractivity contribution is -0.121. The zero-order valence-electron chi connectivity index (χ0n) is 15.5. The molecule has 0 aliphatic rings. The number of furan rings is 1. The molecule has 0 bridgehead atoms. The minimum atomic E-state index is -3.78. The zero-order chi connectivity index (χ0) is 20.1. The molecule has 0 aliphatic heterocycles. The summed E-state index contributed by atoms with van der Waals surface area (Å²) in [4.78, 5) is 12.3. The molecule has 1 amide bonds. The Labute approximate surface area is 164 Å². The van der Waals surface area contributed by atoms with Crippen LogP contribution >= 0.6 is 0 Å². The van der Waals surface area contributed by atoms with Gasteiger partial charge < -0.3 is 9.73 Å². The van der Waals surface area contributed by atoms with Crippen molar-refractivity contribution in [2.45, 2.75) is 30.7 Å². The number of sulfonamides is 1. The third kappa shape index (κ3) is 5.09. The number of carbonyl (C=O) groups is 1. The van der Waals surface area contributed by atoms with Gasteiger partial charge in [0, 0.05) is 18.4 Å². The number of rotatable bonds is 7. The monoisotopic (exact) mass is 398 g/mol. The van der Waals surface area contributed by atoms with Crippen molar-refractivity contribution in [3.05, 3.63) is 78.1 Å². The third-order valence-corrected chi connectivity index (χ3v) is 5.29. The molecule has 7 heteroatoms. The lowest BCUT2D eigenvalue weighted by Gasteiger charge is -2.15. The number of amides is 1. The van der Waals surface area contributed by atoms with Gasteiger partial charge in [-0.2, -0.15) is 0 Å². The van der Waals surface area contributed by atoms with E-state index in [9.17, 15) is 13.2 Å². The molecule has 1 heterocycles. The maximum Gasteiger partial charge on any atom is 0.238 e. The molecule has 0 saturated heterocycles. The average Bonchev–Trinajstić information content (AvgIpc) is 3.15. The highest BCUT2D eigenvalue weighted by Crippen LogP contribution is 2.22. The van der Waals surface area contributed by atoms with Gasteiger partial charge in [-0.05, 0) is 36.8 Å². The van der Waals surface area contributed by atoms with Gasteiger partial charge in [-0.3, -0.25) is 4.79 Å². The second-order valence-corrected chi connectivity index (χ2v) is 8.10. The summed E-state index contributed by atoms with van der Waals surface area (Å²) >= 11 is 0. The smallest absolute Gasteiger partial charge is 0.238 e. The number of primary sulfonamides is 1. The van der Waals surface area contributed by atoms with Gasteiger partial charge in [0.1, 0.15) is 11.5 Å². The minimum absolute atomic E-state index is 0.0233. The Morgan fingerprint density at radius 2 is 1.82 bits per heavy atom. The van der Waals surface area contributed by atoms with Crippen LogP contribution in [0.1, 0.15) is 30.7 Å². The van der Waals surface area contributed by atoms with Crippen LogP contribution < -0.4 is 10.5 Å². The van der Waals surface area contributed by atoms with Crippen LogP contribution in [-0.4, -0.2) is 14.3 Å². The van der Waals surface area contributed by atoms with Gasteiger partial charge in [0.2, 0.25) is 15.9 Å². The van der Waals surface area contributed by atoms with Crippen LogP contribution in [0.2, 0.25) is 0 Å². The molecule has 0 unspecified atom stereocenters. The number of hydrogen-bond donors (Lipinski definition) is 2. The molecule has 6 nitrogen and oxygen atoms in total. The summed E-state index contributed by atoms with van der Waals surface area (Å²) in [5, 5.41) is 8.02. The Morgan fingerprint density at radius 3 is 2.54 bits per heavy atom. The van der Waals surface area contributed by atoms with Crippen molar-refractivity contribution >= 4 is 15.9 Å². The van der Waals surface area contributed by atoms with E-state index >= 15 is 0 Å². The Bertz CT molecular complexity index is 1060. The van der Waals surface area contributed by atoms with Gasteiger partial charge in [-0.25, -0.2) is 13.6 Å². The molecule has 1 aromatic heterocycles. The molecule has 0 spiro atoms. The normalized spacial score (nSPS) is 12.5. The second-order valence-electron chi connectivity index (χ2n) is 6.54. The molecule has 28 heavy (non-hydrogen) atoms. The molecular formula is C21H22N2O4S. The first kappa shape index (κ1) is 19.9. The van der Waals surface area contributed by atoms with Gasteiger partial charge in [0.05, 0.1) is 10.9 Å². The summed E-state index contributed by atoms with van der Waals surface area (Å²) in [6, 6.07) is 19.4. The molecule has 0 saturated carbocycles. The van der Waals surface area contributed by atoms with E-state index in [0.717, 1.165) is 17.1 Å². The van der Waals surface area contributed by atoms with Gasteiger partial charge in [0.25, 0.3) is 0 Å². The molecule has 3 rings (SSSR count). The summed E-state index contributed by atoms with van der Waals surface area (Å²) in [6.45, 7) is 1.79. The Hall–Kier alpha value is -2.90. The molecule has 3 aromatic rings. The number of hydrogen-bond acceptors (Lipinski definition) is 4. The van der Waals surface area contributed by atoms with Crippen LogP contribution in [0.25, 0.3) is 11.3 Å². The van der Waals surface area contributed by atoms with Crippen LogP contribution in [0.5, 0.6) is 0 Å². The summed E-state index contributed by atoms with van der Waals surface area (Å²) < 4.78 is 28.7. The molecule has 3 N–H and O–H groups in total. The van der Waals surface area contributed by atoms with E-state index in [1.807, 2.05) is 42.5 Å². The number of nitrogens with two attached hydrogens (primary N) is 1. The quantitative estimate of drug-likeness (QED) is 0.637. The van der Waals surface area contributed by atoms with E-state index in [1.165, 1.54) is 12.1 Å². The fourth-order valence-electron chi connectivity index (χ4n) is 2.86. The third-order valence-electron chi connectivity index (χ3n) is 4.38. The Balaban J connectivity index is 1.57. The lowest BCUT2D eigenvalue weighted by Crippen LogP contribution is -2.27. The maximum atomic E-state index is 12.3. The standard InChI is InChI=1S/C21H22N2O4S/c1-15(17-8-5-9-19(14-17)28(22,25)26)23-21(24)13-11-18-10-12-20(27-18)16-6-3-2-4-7-16/h2-10,12,14-15H,11,13H2,1H3,(H,23,24)(H2,22,25,26)/t15-/m1/s1. The highest BCUT2D eigenvalue weighted by atomic mass is 32.2. The Morgan fingerprint density at radius 1 is 1.07 bits per heavy atom. The van der Waals surface area contributed by atoms with E-state index in [2.05, 4.69) is 5.32 Å². The fourth-order valence-corrected chi connectivity index (χ4v) is 3.43. The molecule has 0 aliphatic carbocycles. The minimum Gasteiger partial charge on any atom is -0.461 e. The summed E-state index contributed by atoms with van der Waals surface area (Å²) in [6.07, 6.45) is 0.740. The van der Waals surface area contributed by atoms with Gasteiger partial charge >= 0.3 is 0 Å². The number of benzene rings is 2. The molecule has 0 radical (unpaired) electrons. The van der Waals surface area contributed by atoms with Crippen LogP contribution in [-0.2, 0) is 21.2 Å². The van der Waals surface area contributed by atoms with Gasteiger partial charge in [-0.1, -0.05) is 42.5 Å². The predicted octanol–water partition coefficient (Wildman–Crippen LogP) is 3.40. The second kappa shape index (κ2) is 8.41. The first-order chi connectivity index (χ1) is 13.3. The number of nitrogens with one attached hydrogen (secondary N) is 1. The van der Waals surface area contributed by atoms with Crippen LogP contribution in [0.4, 0.5) is 0 Å². The highest BCUT2D eigenvalue weighted by molar-refractivity contribution is 7.89. The van der Waals surface area contributed by atoms with Crippen LogP contribution in [0, 0.1) is 0 Å². The highest BCUT2D eigenvalue weighted by Gasteiger charge is 2.14.